The van der Waals surface area contributed by atoms with E-state index in [9.17, 15) is 23.3 Å². The smallest absolute Gasteiger partial charge is 0.295 e. The van der Waals surface area contributed by atoms with E-state index in [0.29, 0.717) is 41.3 Å². The number of sulfonamides is 1. The van der Waals surface area contributed by atoms with Crippen molar-refractivity contribution >= 4 is 27.7 Å². The number of anilines is 1. The fraction of sp³-hybridized carbons (Fsp3) is 0.222. The maximum absolute atomic E-state index is 13.7. The van der Waals surface area contributed by atoms with E-state index in [1.54, 1.807) is 65.9 Å². The molecule has 0 saturated carbocycles. The standard InChI is InChI=1S/C36H35N7O4S/c1-26-33(36(45)43(40(26)2)31-17-9-6-10-18-31)38-35(44)28(24-37)22-29-25-42(30-15-7-5-8-16-30)39-34(29)27-14-13-19-32(23-27)48(46,47)41-20-11-3-4-12-21-41/h5-10,13-19,22-23,25H,3-4,11-12,20-21H2,1-2H3,(H,38,44)/b28-22-. The predicted octanol–water partition coefficient (Wildman–Crippen LogP) is 5.45. The highest BCUT2D eigenvalue weighted by Gasteiger charge is 2.26. The van der Waals surface area contributed by atoms with Gasteiger partial charge >= 0.3 is 0 Å². The molecule has 1 fully saturated rings. The van der Waals surface area contributed by atoms with Crippen molar-refractivity contribution in [2.24, 2.45) is 7.05 Å². The lowest BCUT2D eigenvalue weighted by Gasteiger charge is -2.20. The van der Waals surface area contributed by atoms with Crippen LogP contribution in [0.2, 0.25) is 0 Å². The maximum Gasteiger partial charge on any atom is 0.295 e. The Morgan fingerprint density at radius 1 is 0.917 bits per heavy atom. The van der Waals surface area contributed by atoms with Gasteiger partial charge in [-0.1, -0.05) is 61.4 Å². The summed E-state index contributed by atoms with van der Waals surface area (Å²) in [5.41, 5.74) is 2.54. The van der Waals surface area contributed by atoms with Gasteiger partial charge in [-0.15, -0.1) is 0 Å². The van der Waals surface area contributed by atoms with Gasteiger partial charge in [0.05, 0.1) is 22.0 Å². The van der Waals surface area contributed by atoms with Crippen LogP contribution in [0.4, 0.5) is 5.69 Å². The fourth-order valence-corrected chi connectivity index (χ4v) is 7.43. The number of carbonyl (C=O) groups is 1. The minimum absolute atomic E-state index is 0.0547. The summed E-state index contributed by atoms with van der Waals surface area (Å²) in [7, 11) is -2.03. The van der Waals surface area contributed by atoms with Crippen LogP contribution in [0.3, 0.4) is 0 Å². The molecule has 3 heterocycles. The number of aromatic nitrogens is 4. The second-order valence-electron chi connectivity index (χ2n) is 11.6. The average molecular weight is 662 g/mol. The molecule has 3 aromatic carbocycles. The van der Waals surface area contributed by atoms with Crippen LogP contribution in [0.25, 0.3) is 28.7 Å². The van der Waals surface area contributed by atoms with Crippen molar-refractivity contribution in [3.8, 4) is 28.7 Å². The molecule has 5 aromatic rings. The van der Waals surface area contributed by atoms with Crippen LogP contribution in [-0.4, -0.2) is 50.9 Å². The zero-order valence-electron chi connectivity index (χ0n) is 26.7. The third-order valence-corrected chi connectivity index (χ3v) is 10.4. The summed E-state index contributed by atoms with van der Waals surface area (Å²) in [6.45, 7) is 2.66. The molecule has 12 heteroatoms. The maximum atomic E-state index is 13.7. The molecule has 1 saturated heterocycles. The van der Waals surface area contributed by atoms with E-state index in [1.807, 2.05) is 54.6 Å². The molecule has 0 bridgehead atoms. The van der Waals surface area contributed by atoms with Gasteiger partial charge in [-0.25, -0.2) is 17.8 Å². The summed E-state index contributed by atoms with van der Waals surface area (Å²) < 4.78 is 33.5. The molecule has 1 N–H and O–H groups in total. The van der Waals surface area contributed by atoms with Gasteiger partial charge in [-0.05, 0) is 62.2 Å². The SMILES string of the molecule is Cc1c(NC(=O)/C(C#N)=C\c2cn(-c3ccccc3)nc2-c2cccc(S(=O)(=O)N3CCCCCC3)c2)c(=O)n(-c2ccccc2)n1C. The molecule has 6 rings (SSSR count). The van der Waals surface area contributed by atoms with E-state index < -0.39 is 21.5 Å². The molecule has 0 aliphatic carbocycles. The number of rotatable bonds is 8. The van der Waals surface area contributed by atoms with E-state index in [-0.39, 0.29) is 16.2 Å². The Morgan fingerprint density at radius 2 is 1.56 bits per heavy atom. The number of carbonyl (C=O) groups excluding carboxylic acids is 1. The fourth-order valence-electron chi connectivity index (χ4n) is 5.86. The molecule has 48 heavy (non-hydrogen) atoms. The van der Waals surface area contributed by atoms with Gasteiger partial charge in [-0.2, -0.15) is 14.7 Å². The Morgan fingerprint density at radius 3 is 2.21 bits per heavy atom. The molecule has 1 aliphatic rings. The Bertz CT molecular complexity index is 2200. The highest BCUT2D eigenvalue weighted by atomic mass is 32.2. The summed E-state index contributed by atoms with van der Waals surface area (Å²) in [6, 6.07) is 26.9. The highest BCUT2D eigenvalue weighted by molar-refractivity contribution is 7.89. The zero-order valence-corrected chi connectivity index (χ0v) is 27.5. The summed E-state index contributed by atoms with van der Waals surface area (Å²) in [4.78, 5) is 27.1. The third kappa shape index (κ3) is 6.38. The molecule has 0 radical (unpaired) electrons. The Labute approximate surface area is 279 Å². The van der Waals surface area contributed by atoms with Crippen LogP contribution in [-0.2, 0) is 21.9 Å². The Kier molecular flexibility index (Phi) is 9.25. The van der Waals surface area contributed by atoms with E-state index in [4.69, 9.17) is 5.10 Å². The van der Waals surface area contributed by atoms with Crippen molar-refractivity contribution in [1.29, 1.82) is 5.26 Å². The van der Waals surface area contributed by atoms with Gasteiger partial charge in [0.15, 0.2) is 0 Å². The van der Waals surface area contributed by atoms with Gasteiger partial charge in [0.25, 0.3) is 11.5 Å². The second kappa shape index (κ2) is 13.7. The average Bonchev–Trinajstić information content (AvgIpc) is 3.45. The van der Waals surface area contributed by atoms with Crippen molar-refractivity contribution in [3.63, 3.8) is 0 Å². The first-order chi connectivity index (χ1) is 23.2. The number of nitrogens with zero attached hydrogens (tertiary/aromatic N) is 6. The molecule has 11 nitrogen and oxygen atoms in total. The molecule has 244 valence electrons. The van der Waals surface area contributed by atoms with Gasteiger partial charge in [0.2, 0.25) is 10.0 Å². The van der Waals surface area contributed by atoms with Crippen molar-refractivity contribution < 1.29 is 13.2 Å². The summed E-state index contributed by atoms with van der Waals surface area (Å²) in [6.07, 6.45) is 6.72. The third-order valence-electron chi connectivity index (χ3n) is 8.53. The van der Waals surface area contributed by atoms with Crippen molar-refractivity contribution in [3.05, 3.63) is 118 Å². The topological polar surface area (TPSA) is 135 Å². The lowest BCUT2D eigenvalue weighted by Crippen LogP contribution is -2.31. The monoisotopic (exact) mass is 661 g/mol. The number of hydrogen-bond acceptors (Lipinski definition) is 6. The second-order valence-corrected chi connectivity index (χ2v) is 13.6. The lowest BCUT2D eigenvalue weighted by atomic mass is 10.1. The van der Waals surface area contributed by atoms with Crippen LogP contribution in [0.5, 0.6) is 0 Å². The number of hydrogen-bond donors (Lipinski definition) is 1. The Balaban J connectivity index is 1.39. The lowest BCUT2D eigenvalue weighted by molar-refractivity contribution is -0.112. The quantitative estimate of drug-likeness (QED) is 0.174. The molecule has 1 amide bonds. The summed E-state index contributed by atoms with van der Waals surface area (Å²) >= 11 is 0. The molecule has 0 spiro atoms. The summed E-state index contributed by atoms with van der Waals surface area (Å²) in [5, 5.41) is 17.6. The van der Waals surface area contributed by atoms with E-state index in [2.05, 4.69) is 5.32 Å². The molecule has 0 unspecified atom stereocenters. The first-order valence-corrected chi connectivity index (χ1v) is 17.2. The van der Waals surface area contributed by atoms with Crippen LogP contribution in [0, 0.1) is 18.3 Å². The number of amides is 1. The van der Waals surface area contributed by atoms with Gasteiger partial charge < -0.3 is 5.32 Å². The van der Waals surface area contributed by atoms with Gasteiger partial charge in [-0.3, -0.25) is 14.3 Å². The van der Waals surface area contributed by atoms with Crippen molar-refractivity contribution in [2.45, 2.75) is 37.5 Å². The minimum atomic E-state index is -3.75. The zero-order chi connectivity index (χ0) is 33.8. The van der Waals surface area contributed by atoms with Crippen molar-refractivity contribution in [1.82, 2.24) is 23.4 Å². The Hall–Kier alpha value is -5.51. The van der Waals surface area contributed by atoms with Crippen LogP contribution in [0.1, 0.15) is 36.9 Å². The van der Waals surface area contributed by atoms with E-state index in [0.717, 1.165) is 31.4 Å². The molecule has 1 aliphatic heterocycles. The van der Waals surface area contributed by atoms with E-state index >= 15 is 0 Å². The summed E-state index contributed by atoms with van der Waals surface area (Å²) in [5.74, 6) is -0.764. The molecular formula is C36H35N7O4S. The van der Waals surface area contributed by atoms with Crippen LogP contribution in [0.15, 0.2) is 106 Å². The predicted molar refractivity (Wildman–Crippen MR) is 184 cm³/mol. The van der Waals surface area contributed by atoms with E-state index in [1.165, 1.54) is 15.1 Å². The molecular weight excluding hydrogens is 627 g/mol. The minimum Gasteiger partial charge on any atom is -0.315 e. The molecule has 0 atom stereocenters. The first-order valence-electron chi connectivity index (χ1n) is 15.7. The van der Waals surface area contributed by atoms with Crippen molar-refractivity contribution in [2.75, 3.05) is 18.4 Å². The number of para-hydroxylation sites is 2. The molecule has 2 aromatic heterocycles. The largest absolute Gasteiger partial charge is 0.315 e. The van der Waals surface area contributed by atoms with Crippen LogP contribution >= 0.6 is 0 Å². The number of benzene rings is 3. The van der Waals surface area contributed by atoms with Gasteiger partial charge in [0, 0.05) is 37.5 Å². The highest BCUT2D eigenvalue weighted by Crippen LogP contribution is 2.30. The number of nitriles is 1. The van der Waals surface area contributed by atoms with Gasteiger partial charge in [0.1, 0.15) is 23.0 Å². The van der Waals surface area contributed by atoms with Crippen LogP contribution < -0.4 is 10.9 Å². The number of nitrogens with one attached hydrogen (secondary N) is 1. The first kappa shape index (κ1) is 32.4. The normalized spacial score (nSPS) is 14.3.